The second kappa shape index (κ2) is 4.69. The molecule has 2 nitrogen and oxygen atoms in total. The van der Waals surface area contributed by atoms with E-state index < -0.39 is 0 Å². The van der Waals surface area contributed by atoms with Crippen molar-refractivity contribution in [2.45, 2.75) is 20.3 Å². The van der Waals surface area contributed by atoms with Gasteiger partial charge in [-0.1, -0.05) is 26.0 Å². The molecule has 1 aromatic carbocycles. The van der Waals surface area contributed by atoms with E-state index in [1.54, 1.807) is 0 Å². The van der Waals surface area contributed by atoms with Crippen LogP contribution >= 0.6 is 0 Å². The quantitative estimate of drug-likeness (QED) is 0.725. The maximum absolute atomic E-state index is 11.0. The van der Waals surface area contributed by atoms with E-state index in [4.69, 9.17) is 0 Å². The molecule has 0 N–H and O–H groups in total. The van der Waals surface area contributed by atoms with E-state index in [1.165, 1.54) is 6.42 Å². The van der Waals surface area contributed by atoms with Crippen LogP contribution in [0.4, 0.5) is 5.69 Å². The van der Waals surface area contributed by atoms with E-state index in [0.29, 0.717) is 0 Å². The second-order valence-corrected chi connectivity index (χ2v) is 4.92. The molecule has 0 aliphatic carbocycles. The Bertz CT molecular complexity index is 373. The van der Waals surface area contributed by atoms with Crippen molar-refractivity contribution in [2.75, 3.05) is 18.0 Å². The van der Waals surface area contributed by atoms with Crippen LogP contribution in [0.15, 0.2) is 24.3 Å². The van der Waals surface area contributed by atoms with Gasteiger partial charge in [0.15, 0.2) is 6.29 Å². The van der Waals surface area contributed by atoms with Crippen LogP contribution in [0.5, 0.6) is 0 Å². The molecule has 1 unspecified atom stereocenters. The third-order valence-electron chi connectivity index (χ3n) is 3.57. The van der Waals surface area contributed by atoms with E-state index in [0.717, 1.165) is 42.5 Å². The van der Waals surface area contributed by atoms with E-state index in [-0.39, 0.29) is 0 Å². The summed E-state index contributed by atoms with van der Waals surface area (Å²) in [6, 6.07) is 7.87. The first-order valence-corrected chi connectivity index (χ1v) is 6.01. The number of aldehydes is 1. The minimum absolute atomic E-state index is 0.730. The van der Waals surface area contributed by atoms with E-state index in [1.807, 2.05) is 24.3 Å². The van der Waals surface area contributed by atoms with Crippen molar-refractivity contribution < 1.29 is 4.79 Å². The Balaban J connectivity index is 2.17. The molecule has 1 aliphatic heterocycles. The topological polar surface area (TPSA) is 20.3 Å². The molecule has 2 rings (SSSR count). The molecule has 1 aromatic rings. The van der Waals surface area contributed by atoms with Gasteiger partial charge in [-0.05, 0) is 30.4 Å². The van der Waals surface area contributed by atoms with Gasteiger partial charge in [0.25, 0.3) is 0 Å². The number of para-hydroxylation sites is 1. The van der Waals surface area contributed by atoms with Gasteiger partial charge in [0.05, 0.1) is 0 Å². The van der Waals surface area contributed by atoms with E-state index >= 15 is 0 Å². The van der Waals surface area contributed by atoms with Crippen molar-refractivity contribution in [2.24, 2.45) is 11.8 Å². The molecule has 0 aromatic heterocycles. The Hall–Kier alpha value is -1.31. The number of nitrogens with zero attached hydrogens (tertiary/aromatic N) is 1. The maximum atomic E-state index is 11.0. The predicted molar refractivity (Wildman–Crippen MR) is 67.0 cm³/mol. The fourth-order valence-electron chi connectivity index (χ4n) is 2.43. The molecular formula is C14H19NO. The second-order valence-electron chi connectivity index (χ2n) is 4.92. The third-order valence-corrected chi connectivity index (χ3v) is 3.57. The smallest absolute Gasteiger partial charge is 0.152 e. The molecule has 2 heteroatoms. The molecule has 16 heavy (non-hydrogen) atoms. The summed E-state index contributed by atoms with van der Waals surface area (Å²) in [4.78, 5) is 13.3. The summed E-state index contributed by atoms with van der Waals surface area (Å²) in [5.74, 6) is 1.49. The van der Waals surface area contributed by atoms with Crippen molar-refractivity contribution in [1.82, 2.24) is 0 Å². The van der Waals surface area contributed by atoms with Crippen molar-refractivity contribution in [1.29, 1.82) is 0 Å². The summed E-state index contributed by atoms with van der Waals surface area (Å²) in [6.45, 7) is 6.72. The molecule has 0 bridgehead atoms. The summed E-state index contributed by atoms with van der Waals surface area (Å²) in [5.41, 5.74) is 1.91. The molecule has 1 heterocycles. The van der Waals surface area contributed by atoms with Crippen LogP contribution in [0, 0.1) is 11.8 Å². The zero-order valence-electron chi connectivity index (χ0n) is 10.0. The Kier molecular flexibility index (Phi) is 3.28. The van der Waals surface area contributed by atoms with Gasteiger partial charge < -0.3 is 4.90 Å². The number of carbonyl (C=O) groups excluding carboxylic acids is 1. The highest BCUT2D eigenvalue weighted by Gasteiger charge is 2.25. The number of carbonyl (C=O) groups is 1. The molecule has 86 valence electrons. The Morgan fingerprint density at radius 3 is 2.75 bits per heavy atom. The van der Waals surface area contributed by atoms with Crippen LogP contribution in [0.25, 0.3) is 0 Å². The standard InChI is InChI=1S/C14H19NO/c1-11(2)12-7-8-15(9-12)14-6-4-3-5-13(14)10-16/h3-6,10-12H,7-9H2,1-2H3. The predicted octanol–water partition coefficient (Wildman–Crippen LogP) is 2.98. The van der Waals surface area contributed by atoms with Gasteiger partial charge in [0.2, 0.25) is 0 Å². The molecular weight excluding hydrogens is 198 g/mol. The van der Waals surface area contributed by atoms with Gasteiger partial charge in [-0.15, -0.1) is 0 Å². The van der Waals surface area contributed by atoms with Crippen LogP contribution in [-0.4, -0.2) is 19.4 Å². The molecule has 0 radical (unpaired) electrons. The van der Waals surface area contributed by atoms with Gasteiger partial charge >= 0.3 is 0 Å². The van der Waals surface area contributed by atoms with Crippen molar-refractivity contribution in [3.8, 4) is 0 Å². The lowest BCUT2D eigenvalue weighted by Crippen LogP contribution is -2.22. The van der Waals surface area contributed by atoms with E-state index in [2.05, 4.69) is 18.7 Å². The fourth-order valence-corrected chi connectivity index (χ4v) is 2.43. The molecule has 0 saturated carbocycles. The summed E-state index contributed by atoms with van der Waals surface area (Å²) in [7, 11) is 0. The monoisotopic (exact) mass is 217 g/mol. The summed E-state index contributed by atoms with van der Waals surface area (Å²) in [6.07, 6.45) is 2.20. The van der Waals surface area contributed by atoms with Gasteiger partial charge in [0.1, 0.15) is 0 Å². The minimum atomic E-state index is 0.730. The van der Waals surface area contributed by atoms with E-state index in [9.17, 15) is 4.79 Å². The number of benzene rings is 1. The number of hydrogen-bond acceptors (Lipinski definition) is 2. The summed E-state index contributed by atoms with van der Waals surface area (Å²) >= 11 is 0. The molecule has 1 atom stereocenters. The first-order chi connectivity index (χ1) is 7.72. The highest BCUT2D eigenvalue weighted by molar-refractivity contribution is 5.84. The highest BCUT2D eigenvalue weighted by Crippen LogP contribution is 2.29. The SMILES string of the molecule is CC(C)C1CCN(c2ccccc2C=O)C1. The van der Waals surface area contributed by atoms with Crippen LogP contribution in [0.2, 0.25) is 0 Å². The number of rotatable bonds is 3. The average Bonchev–Trinajstić information content (AvgIpc) is 2.78. The van der Waals surface area contributed by atoms with Gasteiger partial charge in [-0.25, -0.2) is 0 Å². The Morgan fingerprint density at radius 1 is 1.38 bits per heavy atom. The van der Waals surface area contributed by atoms with Gasteiger partial charge in [0, 0.05) is 24.3 Å². The summed E-state index contributed by atoms with van der Waals surface area (Å²) < 4.78 is 0. The van der Waals surface area contributed by atoms with Crippen LogP contribution in [0.1, 0.15) is 30.6 Å². The van der Waals surface area contributed by atoms with Crippen LogP contribution < -0.4 is 4.90 Å². The van der Waals surface area contributed by atoms with Crippen molar-refractivity contribution in [3.63, 3.8) is 0 Å². The minimum Gasteiger partial charge on any atom is -0.371 e. The van der Waals surface area contributed by atoms with Crippen LogP contribution in [0.3, 0.4) is 0 Å². The fraction of sp³-hybridized carbons (Fsp3) is 0.500. The lowest BCUT2D eigenvalue weighted by atomic mass is 9.95. The summed E-state index contributed by atoms with van der Waals surface area (Å²) in [5, 5.41) is 0. The van der Waals surface area contributed by atoms with Gasteiger partial charge in [-0.2, -0.15) is 0 Å². The van der Waals surface area contributed by atoms with Crippen LogP contribution in [-0.2, 0) is 0 Å². The molecule has 1 aliphatic rings. The normalized spacial score (nSPS) is 20.4. The van der Waals surface area contributed by atoms with Crippen molar-refractivity contribution >= 4 is 12.0 Å². The average molecular weight is 217 g/mol. The lowest BCUT2D eigenvalue weighted by Gasteiger charge is -2.21. The highest BCUT2D eigenvalue weighted by atomic mass is 16.1. The molecule has 1 saturated heterocycles. The molecule has 0 amide bonds. The third kappa shape index (κ3) is 2.11. The zero-order chi connectivity index (χ0) is 11.5. The Labute approximate surface area is 97.3 Å². The van der Waals surface area contributed by atoms with Gasteiger partial charge in [-0.3, -0.25) is 4.79 Å². The molecule has 1 fully saturated rings. The zero-order valence-corrected chi connectivity index (χ0v) is 10.0. The number of anilines is 1. The Morgan fingerprint density at radius 2 is 2.12 bits per heavy atom. The molecule has 0 spiro atoms. The number of hydrogen-bond donors (Lipinski definition) is 0. The lowest BCUT2D eigenvalue weighted by molar-refractivity contribution is 0.112. The maximum Gasteiger partial charge on any atom is 0.152 e. The van der Waals surface area contributed by atoms with Crippen molar-refractivity contribution in [3.05, 3.63) is 29.8 Å². The first-order valence-electron chi connectivity index (χ1n) is 6.01. The first kappa shape index (κ1) is 11.2. The largest absolute Gasteiger partial charge is 0.371 e.